The molecule has 2 nitrogen and oxygen atoms in total. The van der Waals surface area contributed by atoms with Gasteiger partial charge in [0.15, 0.2) is 0 Å². The lowest BCUT2D eigenvalue weighted by molar-refractivity contribution is 0.304. The van der Waals surface area contributed by atoms with Gasteiger partial charge in [0.25, 0.3) is 0 Å². The third-order valence-electron chi connectivity index (χ3n) is 2.81. The van der Waals surface area contributed by atoms with Crippen molar-refractivity contribution in [2.75, 3.05) is 12.4 Å². The first-order valence-corrected chi connectivity index (χ1v) is 6.23. The molecule has 18 heavy (non-hydrogen) atoms. The summed E-state index contributed by atoms with van der Waals surface area (Å²) in [5.41, 5.74) is 3.21. The highest BCUT2D eigenvalue weighted by atomic mass is 35.5. The van der Waals surface area contributed by atoms with Gasteiger partial charge in [0.1, 0.15) is 12.4 Å². The third-order valence-corrected chi connectivity index (χ3v) is 3.05. The maximum Gasteiger partial charge on any atom is 0.122 e. The highest BCUT2D eigenvalue weighted by molar-refractivity contribution is 6.30. The molecule has 2 rings (SSSR count). The largest absolute Gasteiger partial charge is 0.489 e. The Balaban J connectivity index is 2.15. The standard InChI is InChI=1S/C15H16ClNO/c1-11-5-3-4-6-15(11)18-10-12-9-13(16)7-8-14(12)17-2/h3-9,17H,10H2,1-2H3. The highest BCUT2D eigenvalue weighted by Crippen LogP contribution is 2.23. The molecule has 2 aromatic carbocycles. The monoisotopic (exact) mass is 261 g/mol. The van der Waals surface area contributed by atoms with Gasteiger partial charge in [0.05, 0.1) is 0 Å². The van der Waals surface area contributed by atoms with Crippen LogP contribution in [0, 0.1) is 6.92 Å². The second-order valence-electron chi connectivity index (χ2n) is 4.11. The second kappa shape index (κ2) is 5.78. The van der Waals surface area contributed by atoms with E-state index >= 15 is 0 Å². The minimum Gasteiger partial charge on any atom is -0.489 e. The van der Waals surface area contributed by atoms with E-state index < -0.39 is 0 Å². The summed E-state index contributed by atoms with van der Waals surface area (Å²) in [6.45, 7) is 2.54. The molecular formula is C15H16ClNO. The minimum absolute atomic E-state index is 0.502. The predicted octanol–water partition coefficient (Wildman–Crippen LogP) is 4.27. The Bertz CT molecular complexity index is 540. The lowest BCUT2D eigenvalue weighted by Crippen LogP contribution is -2.01. The Morgan fingerprint density at radius 1 is 1.17 bits per heavy atom. The van der Waals surface area contributed by atoms with Gasteiger partial charge in [0, 0.05) is 23.3 Å². The minimum atomic E-state index is 0.502. The van der Waals surface area contributed by atoms with Crippen molar-refractivity contribution in [2.45, 2.75) is 13.5 Å². The molecule has 0 aliphatic heterocycles. The van der Waals surface area contributed by atoms with Crippen LogP contribution in [0.4, 0.5) is 5.69 Å². The van der Waals surface area contributed by atoms with Gasteiger partial charge in [-0.1, -0.05) is 29.8 Å². The van der Waals surface area contributed by atoms with Gasteiger partial charge in [-0.15, -0.1) is 0 Å². The zero-order valence-electron chi connectivity index (χ0n) is 10.5. The summed E-state index contributed by atoms with van der Waals surface area (Å²) in [5.74, 6) is 0.902. The number of nitrogens with one attached hydrogen (secondary N) is 1. The van der Waals surface area contributed by atoms with Crippen LogP contribution in [0.2, 0.25) is 5.02 Å². The molecule has 1 N–H and O–H groups in total. The summed E-state index contributed by atoms with van der Waals surface area (Å²) in [6, 6.07) is 13.7. The Hall–Kier alpha value is -1.67. The van der Waals surface area contributed by atoms with E-state index in [9.17, 15) is 0 Å². The van der Waals surface area contributed by atoms with Crippen molar-refractivity contribution in [3.8, 4) is 5.75 Å². The van der Waals surface area contributed by atoms with Crippen LogP contribution in [0.1, 0.15) is 11.1 Å². The molecule has 0 atom stereocenters. The number of hydrogen-bond donors (Lipinski definition) is 1. The zero-order valence-corrected chi connectivity index (χ0v) is 11.3. The molecule has 0 amide bonds. The fourth-order valence-electron chi connectivity index (χ4n) is 1.80. The van der Waals surface area contributed by atoms with Crippen LogP contribution in [0.15, 0.2) is 42.5 Å². The molecule has 0 fully saturated rings. The van der Waals surface area contributed by atoms with E-state index in [1.165, 1.54) is 0 Å². The van der Waals surface area contributed by atoms with Crippen LogP contribution in [0.3, 0.4) is 0 Å². The van der Waals surface area contributed by atoms with Gasteiger partial charge in [-0.3, -0.25) is 0 Å². The Kier molecular flexibility index (Phi) is 4.11. The van der Waals surface area contributed by atoms with Crippen LogP contribution in [0.5, 0.6) is 5.75 Å². The molecule has 2 aromatic rings. The number of anilines is 1. The highest BCUT2D eigenvalue weighted by Gasteiger charge is 2.04. The molecule has 0 unspecified atom stereocenters. The number of rotatable bonds is 4. The first-order chi connectivity index (χ1) is 8.70. The molecule has 0 saturated heterocycles. The van der Waals surface area contributed by atoms with Crippen molar-refractivity contribution in [3.05, 3.63) is 58.6 Å². The number of ether oxygens (including phenoxy) is 1. The lowest BCUT2D eigenvalue weighted by atomic mass is 10.2. The Morgan fingerprint density at radius 2 is 1.94 bits per heavy atom. The fraction of sp³-hybridized carbons (Fsp3) is 0.200. The Labute approximate surface area is 113 Å². The van der Waals surface area contributed by atoms with E-state index in [-0.39, 0.29) is 0 Å². The summed E-state index contributed by atoms with van der Waals surface area (Å²) in [4.78, 5) is 0. The SMILES string of the molecule is CNc1ccc(Cl)cc1COc1ccccc1C. The van der Waals surface area contributed by atoms with E-state index in [1.807, 2.05) is 56.4 Å². The molecule has 3 heteroatoms. The molecule has 0 bridgehead atoms. The van der Waals surface area contributed by atoms with Gasteiger partial charge < -0.3 is 10.1 Å². The van der Waals surface area contributed by atoms with E-state index in [4.69, 9.17) is 16.3 Å². The van der Waals surface area contributed by atoms with E-state index in [0.717, 1.165) is 27.6 Å². The molecular weight excluding hydrogens is 246 g/mol. The smallest absolute Gasteiger partial charge is 0.122 e. The quantitative estimate of drug-likeness (QED) is 0.888. The summed E-state index contributed by atoms with van der Waals surface area (Å²) in [7, 11) is 1.89. The van der Waals surface area contributed by atoms with Gasteiger partial charge >= 0.3 is 0 Å². The second-order valence-corrected chi connectivity index (χ2v) is 4.54. The molecule has 94 valence electrons. The van der Waals surface area contributed by atoms with Crippen LogP contribution in [0.25, 0.3) is 0 Å². The van der Waals surface area contributed by atoms with Crippen molar-refractivity contribution in [1.29, 1.82) is 0 Å². The molecule has 0 aliphatic rings. The van der Waals surface area contributed by atoms with Gasteiger partial charge in [-0.25, -0.2) is 0 Å². The molecule has 0 spiro atoms. The number of benzene rings is 2. The molecule has 0 aliphatic carbocycles. The van der Waals surface area contributed by atoms with E-state index in [2.05, 4.69) is 5.32 Å². The Morgan fingerprint density at radius 3 is 2.67 bits per heavy atom. The summed E-state index contributed by atoms with van der Waals surface area (Å²) in [6.07, 6.45) is 0. The van der Waals surface area contributed by atoms with Crippen molar-refractivity contribution in [1.82, 2.24) is 0 Å². The number of halogens is 1. The number of aryl methyl sites for hydroxylation is 1. The number of hydrogen-bond acceptors (Lipinski definition) is 2. The predicted molar refractivity (Wildman–Crippen MR) is 76.5 cm³/mol. The zero-order chi connectivity index (χ0) is 13.0. The van der Waals surface area contributed by atoms with Gasteiger partial charge in [-0.2, -0.15) is 0 Å². The van der Waals surface area contributed by atoms with Crippen LogP contribution < -0.4 is 10.1 Å². The van der Waals surface area contributed by atoms with Gasteiger partial charge in [0.2, 0.25) is 0 Å². The average Bonchev–Trinajstić information content (AvgIpc) is 2.38. The van der Waals surface area contributed by atoms with Crippen molar-refractivity contribution < 1.29 is 4.74 Å². The summed E-state index contributed by atoms with van der Waals surface area (Å²) in [5, 5.41) is 3.85. The van der Waals surface area contributed by atoms with Crippen LogP contribution in [-0.4, -0.2) is 7.05 Å². The normalized spacial score (nSPS) is 10.2. The maximum atomic E-state index is 6.00. The third kappa shape index (κ3) is 2.96. The number of para-hydroxylation sites is 1. The van der Waals surface area contributed by atoms with Crippen LogP contribution in [-0.2, 0) is 6.61 Å². The van der Waals surface area contributed by atoms with Crippen molar-refractivity contribution >= 4 is 17.3 Å². The van der Waals surface area contributed by atoms with Crippen molar-refractivity contribution in [3.63, 3.8) is 0 Å². The molecule has 0 saturated carbocycles. The topological polar surface area (TPSA) is 21.3 Å². The maximum absolute atomic E-state index is 6.00. The summed E-state index contributed by atoms with van der Waals surface area (Å²) >= 11 is 6.00. The van der Waals surface area contributed by atoms with Gasteiger partial charge in [-0.05, 0) is 36.8 Å². The first-order valence-electron chi connectivity index (χ1n) is 5.85. The van der Waals surface area contributed by atoms with E-state index in [0.29, 0.717) is 6.61 Å². The van der Waals surface area contributed by atoms with E-state index in [1.54, 1.807) is 0 Å². The average molecular weight is 262 g/mol. The fourth-order valence-corrected chi connectivity index (χ4v) is 1.99. The summed E-state index contributed by atoms with van der Waals surface area (Å²) < 4.78 is 5.82. The lowest BCUT2D eigenvalue weighted by Gasteiger charge is -2.12. The molecule has 0 heterocycles. The first kappa shape index (κ1) is 12.8. The van der Waals surface area contributed by atoms with Crippen LogP contribution >= 0.6 is 11.6 Å². The molecule has 0 aromatic heterocycles. The van der Waals surface area contributed by atoms with Crippen molar-refractivity contribution in [2.24, 2.45) is 0 Å². The molecule has 0 radical (unpaired) electrons.